The van der Waals surface area contributed by atoms with Crippen LogP contribution in [0.1, 0.15) is 33.6 Å². The standard InChI is InChI=1S/C17H26N2O2/c1-4-21-16-8-6-5-7-15(16)18-17(20)14(3)19-11-9-13(2)10-12-19/h5-8,13-14H,4,9-12H2,1-3H3,(H,18,20)/p+1/t14-/m1/s1. The van der Waals surface area contributed by atoms with Gasteiger partial charge in [-0.05, 0) is 44.7 Å². The number of hydrogen-bond donors (Lipinski definition) is 2. The first kappa shape index (κ1) is 15.8. The van der Waals surface area contributed by atoms with Gasteiger partial charge in [-0.2, -0.15) is 0 Å². The number of ether oxygens (including phenoxy) is 1. The van der Waals surface area contributed by atoms with Gasteiger partial charge < -0.3 is 15.0 Å². The Morgan fingerprint density at radius 2 is 2.05 bits per heavy atom. The van der Waals surface area contributed by atoms with E-state index in [-0.39, 0.29) is 11.9 Å². The number of amides is 1. The molecule has 1 saturated heterocycles. The summed E-state index contributed by atoms with van der Waals surface area (Å²) in [7, 11) is 0. The molecule has 4 heteroatoms. The van der Waals surface area contributed by atoms with E-state index in [1.165, 1.54) is 17.7 Å². The average Bonchev–Trinajstić information content (AvgIpc) is 2.49. The summed E-state index contributed by atoms with van der Waals surface area (Å²) in [5, 5.41) is 3.02. The number of rotatable bonds is 5. The van der Waals surface area contributed by atoms with E-state index in [1.54, 1.807) is 0 Å². The highest BCUT2D eigenvalue weighted by Crippen LogP contribution is 2.23. The normalized spacial score (nSPS) is 23.4. The van der Waals surface area contributed by atoms with Crippen molar-refractivity contribution in [1.29, 1.82) is 0 Å². The number of para-hydroxylation sites is 2. The fourth-order valence-electron chi connectivity index (χ4n) is 2.84. The van der Waals surface area contributed by atoms with Crippen LogP contribution in [0.5, 0.6) is 5.75 Å². The fourth-order valence-corrected chi connectivity index (χ4v) is 2.84. The molecule has 0 bridgehead atoms. The third-order valence-corrected chi connectivity index (χ3v) is 4.37. The van der Waals surface area contributed by atoms with E-state index in [1.807, 2.05) is 38.1 Å². The van der Waals surface area contributed by atoms with E-state index in [0.29, 0.717) is 6.61 Å². The summed E-state index contributed by atoms with van der Waals surface area (Å²) in [6.07, 6.45) is 2.42. The smallest absolute Gasteiger partial charge is 0.282 e. The number of piperidine rings is 1. The van der Waals surface area contributed by atoms with Crippen molar-refractivity contribution in [1.82, 2.24) is 0 Å². The quantitative estimate of drug-likeness (QED) is 0.867. The molecule has 1 aliphatic rings. The highest BCUT2D eigenvalue weighted by atomic mass is 16.5. The molecule has 1 aromatic rings. The minimum absolute atomic E-state index is 0.0211. The van der Waals surface area contributed by atoms with Crippen LogP contribution < -0.4 is 15.0 Å². The van der Waals surface area contributed by atoms with Gasteiger partial charge in [0.05, 0.1) is 25.4 Å². The van der Waals surface area contributed by atoms with Crippen molar-refractivity contribution in [2.75, 3.05) is 25.0 Å². The molecule has 21 heavy (non-hydrogen) atoms. The van der Waals surface area contributed by atoms with Crippen molar-refractivity contribution in [3.05, 3.63) is 24.3 Å². The van der Waals surface area contributed by atoms with Crippen molar-refractivity contribution in [3.8, 4) is 5.75 Å². The summed E-state index contributed by atoms with van der Waals surface area (Å²) < 4.78 is 5.56. The van der Waals surface area contributed by atoms with Crippen LogP contribution in [0.3, 0.4) is 0 Å². The van der Waals surface area contributed by atoms with E-state index in [9.17, 15) is 4.79 Å². The zero-order chi connectivity index (χ0) is 15.2. The van der Waals surface area contributed by atoms with Crippen molar-refractivity contribution in [3.63, 3.8) is 0 Å². The van der Waals surface area contributed by atoms with E-state index < -0.39 is 0 Å². The van der Waals surface area contributed by atoms with E-state index >= 15 is 0 Å². The van der Waals surface area contributed by atoms with Crippen molar-refractivity contribution >= 4 is 11.6 Å². The van der Waals surface area contributed by atoms with E-state index in [2.05, 4.69) is 12.2 Å². The Balaban J connectivity index is 1.97. The molecule has 0 radical (unpaired) electrons. The highest BCUT2D eigenvalue weighted by molar-refractivity contribution is 5.94. The van der Waals surface area contributed by atoms with Crippen LogP contribution in [0, 0.1) is 5.92 Å². The predicted molar refractivity (Wildman–Crippen MR) is 84.8 cm³/mol. The molecule has 0 unspecified atom stereocenters. The van der Waals surface area contributed by atoms with Crippen LogP contribution in [-0.4, -0.2) is 31.6 Å². The lowest BCUT2D eigenvalue weighted by Crippen LogP contribution is -3.17. The molecular formula is C17H27N2O2+. The second-order valence-corrected chi connectivity index (χ2v) is 5.98. The second kappa shape index (κ2) is 7.46. The largest absolute Gasteiger partial charge is 0.492 e. The number of benzene rings is 1. The van der Waals surface area contributed by atoms with Gasteiger partial charge in [0.25, 0.3) is 5.91 Å². The van der Waals surface area contributed by atoms with Crippen molar-refractivity contribution < 1.29 is 14.4 Å². The van der Waals surface area contributed by atoms with Crippen LogP contribution in [0.4, 0.5) is 5.69 Å². The molecule has 1 heterocycles. The number of carbonyl (C=O) groups excluding carboxylic acids is 1. The third kappa shape index (κ3) is 4.21. The van der Waals surface area contributed by atoms with Gasteiger partial charge in [-0.1, -0.05) is 19.1 Å². The summed E-state index contributed by atoms with van der Waals surface area (Å²) >= 11 is 0. The number of quaternary nitrogens is 1. The zero-order valence-corrected chi connectivity index (χ0v) is 13.3. The zero-order valence-electron chi connectivity index (χ0n) is 13.3. The van der Waals surface area contributed by atoms with Gasteiger partial charge in [0.1, 0.15) is 5.75 Å². The molecule has 1 fully saturated rings. The van der Waals surface area contributed by atoms with Crippen molar-refractivity contribution in [2.24, 2.45) is 5.92 Å². The predicted octanol–water partition coefficient (Wildman–Crippen LogP) is 1.73. The van der Waals surface area contributed by atoms with Gasteiger partial charge in [0.2, 0.25) is 0 Å². The maximum absolute atomic E-state index is 12.5. The molecule has 0 aromatic heterocycles. The van der Waals surface area contributed by atoms with Gasteiger partial charge in [0.15, 0.2) is 6.04 Å². The van der Waals surface area contributed by atoms with Crippen molar-refractivity contribution in [2.45, 2.75) is 39.7 Å². The highest BCUT2D eigenvalue weighted by Gasteiger charge is 2.29. The molecule has 2 rings (SSSR count). The van der Waals surface area contributed by atoms with E-state index in [4.69, 9.17) is 4.74 Å². The van der Waals surface area contributed by atoms with Gasteiger partial charge >= 0.3 is 0 Å². The van der Waals surface area contributed by atoms with Crippen LogP contribution in [0.25, 0.3) is 0 Å². The molecule has 0 aliphatic carbocycles. The summed E-state index contributed by atoms with van der Waals surface area (Å²) in [5.74, 6) is 1.61. The Hall–Kier alpha value is -1.55. The number of likely N-dealkylation sites (tertiary alicyclic amines) is 1. The number of carbonyl (C=O) groups is 1. The summed E-state index contributed by atoms with van der Waals surface area (Å²) in [5.41, 5.74) is 0.765. The lowest BCUT2D eigenvalue weighted by molar-refractivity contribution is -0.919. The first-order chi connectivity index (χ1) is 10.1. The molecule has 1 aliphatic heterocycles. The molecule has 4 nitrogen and oxygen atoms in total. The summed E-state index contributed by atoms with van der Waals surface area (Å²) in [4.78, 5) is 13.9. The van der Waals surface area contributed by atoms with E-state index in [0.717, 1.165) is 30.4 Å². The molecule has 1 amide bonds. The van der Waals surface area contributed by atoms with Crippen LogP contribution >= 0.6 is 0 Å². The molecule has 0 saturated carbocycles. The monoisotopic (exact) mass is 291 g/mol. The Kier molecular flexibility index (Phi) is 5.62. The number of hydrogen-bond acceptors (Lipinski definition) is 2. The number of nitrogens with one attached hydrogen (secondary N) is 2. The molecular weight excluding hydrogens is 264 g/mol. The van der Waals surface area contributed by atoms with Gasteiger partial charge in [-0.15, -0.1) is 0 Å². The fraction of sp³-hybridized carbons (Fsp3) is 0.588. The molecule has 116 valence electrons. The Bertz CT molecular complexity index is 468. The maximum Gasteiger partial charge on any atom is 0.282 e. The number of anilines is 1. The maximum atomic E-state index is 12.5. The third-order valence-electron chi connectivity index (χ3n) is 4.37. The summed E-state index contributed by atoms with van der Waals surface area (Å²) in [6.45, 7) is 9.02. The molecule has 1 atom stereocenters. The lowest BCUT2D eigenvalue weighted by Gasteiger charge is -2.31. The van der Waals surface area contributed by atoms with Crippen LogP contribution in [0.15, 0.2) is 24.3 Å². The average molecular weight is 291 g/mol. The minimum Gasteiger partial charge on any atom is -0.492 e. The molecule has 0 spiro atoms. The second-order valence-electron chi connectivity index (χ2n) is 5.98. The molecule has 1 aromatic carbocycles. The lowest BCUT2D eigenvalue weighted by atomic mass is 9.98. The van der Waals surface area contributed by atoms with Crippen LogP contribution in [0.2, 0.25) is 0 Å². The first-order valence-corrected chi connectivity index (χ1v) is 7.99. The minimum atomic E-state index is -0.0211. The first-order valence-electron chi connectivity index (χ1n) is 7.99. The van der Waals surface area contributed by atoms with Crippen LogP contribution in [-0.2, 0) is 4.79 Å². The Morgan fingerprint density at radius 1 is 1.38 bits per heavy atom. The Labute approximate surface area is 127 Å². The van der Waals surface area contributed by atoms with Gasteiger partial charge in [-0.25, -0.2) is 0 Å². The van der Waals surface area contributed by atoms with Gasteiger partial charge in [-0.3, -0.25) is 4.79 Å². The summed E-state index contributed by atoms with van der Waals surface area (Å²) in [6, 6.07) is 7.59. The molecule has 2 N–H and O–H groups in total. The Morgan fingerprint density at radius 3 is 2.71 bits per heavy atom. The topological polar surface area (TPSA) is 42.8 Å². The SMILES string of the molecule is CCOc1ccccc1NC(=O)[C@@H](C)[NH+]1CCC(C)CC1. The van der Waals surface area contributed by atoms with Gasteiger partial charge in [0, 0.05) is 0 Å².